The molecule has 0 unspecified atom stereocenters. The molecule has 0 saturated heterocycles. The summed E-state index contributed by atoms with van der Waals surface area (Å²) in [7, 11) is 0. The van der Waals surface area contributed by atoms with Crippen LogP contribution in [0.5, 0.6) is 16.7 Å². The van der Waals surface area contributed by atoms with Gasteiger partial charge in [0.1, 0.15) is 17.3 Å². The highest BCUT2D eigenvalue weighted by Gasteiger charge is 2.11. The first-order valence-electron chi connectivity index (χ1n) is 5.38. The lowest BCUT2D eigenvalue weighted by Crippen LogP contribution is -1.91. The first-order chi connectivity index (χ1) is 8.08. The molecule has 1 aromatic carbocycles. The standard InChI is InChI=1S/C12H14N2O2S/c1-7(2)11-13-12(17-14-11)16-10-6-4-5-9(15)8(10)3/h4-7,15H,1-3H3. The van der Waals surface area contributed by atoms with Crippen molar-refractivity contribution in [1.29, 1.82) is 0 Å². The fourth-order valence-electron chi connectivity index (χ4n) is 1.30. The Morgan fingerprint density at radius 2 is 2.12 bits per heavy atom. The lowest BCUT2D eigenvalue weighted by Gasteiger charge is -2.06. The van der Waals surface area contributed by atoms with Gasteiger partial charge in [0.15, 0.2) is 0 Å². The maximum atomic E-state index is 9.56. The first-order valence-corrected chi connectivity index (χ1v) is 6.15. The number of rotatable bonds is 3. The van der Waals surface area contributed by atoms with Gasteiger partial charge in [0.05, 0.1) is 0 Å². The van der Waals surface area contributed by atoms with Crippen molar-refractivity contribution < 1.29 is 9.84 Å². The van der Waals surface area contributed by atoms with Crippen LogP contribution in [0, 0.1) is 6.92 Å². The molecule has 5 heteroatoms. The third-order valence-electron chi connectivity index (χ3n) is 2.39. The van der Waals surface area contributed by atoms with E-state index in [0.717, 1.165) is 5.82 Å². The van der Waals surface area contributed by atoms with E-state index in [1.165, 1.54) is 11.5 Å². The van der Waals surface area contributed by atoms with Crippen molar-refractivity contribution in [3.05, 3.63) is 29.6 Å². The summed E-state index contributed by atoms with van der Waals surface area (Å²) in [5, 5.41) is 10.1. The van der Waals surface area contributed by atoms with E-state index in [1.807, 2.05) is 13.8 Å². The van der Waals surface area contributed by atoms with E-state index in [4.69, 9.17) is 4.74 Å². The molecule has 0 amide bonds. The number of aromatic nitrogens is 2. The molecule has 0 atom stereocenters. The molecule has 0 bridgehead atoms. The lowest BCUT2D eigenvalue weighted by atomic mass is 10.2. The van der Waals surface area contributed by atoms with Crippen LogP contribution in [0.2, 0.25) is 0 Å². The molecule has 1 N–H and O–H groups in total. The monoisotopic (exact) mass is 250 g/mol. The van der Waals surface area contributed by atoms with Gasteiger partial charge >= 0.3 is 0 Å². The molecule has 1 aromatic heterocycles. The first kappa shape index (κ1) is 11.9. The van der Waals surface area contributed by atoms with E-state index in [9.17, 15) is 5.11 Å². The van der Waals surface area contributed by atoms with Gasteiger partial charge in [0.25, 0.3) is 5.19 Å². The van der Waals surface area contributed by atoms with Gasteiger partial charge in [0.2, 0.25) is 0 Å². The van der Waals surface area contributed by atoms with Crippen LogP contribution in [0.4, 0.5) is 0 Å². The van der Waals surface area contributed by atoms with E-state index in [2.05, 4.69) is 9.36 Å². The Hall–Kier alpha value is -1.62. The van der Waals surface area contributed by atoms with Crippen molar-refractivity contribution in [3.63, 3.8) is 0 Å². The molecule has 0 spiro atoms. The van der Waals surface area contributed by atoms with Crippen LogP contribution in [-0.4, -0.2) is 14.5 Å². The minimum absolute atomic E-state index is 0.219. The summed E-state index contributed by atoms with van der Waals surface area (Å²) < 4.78 is 9.81. The molecule has 4 nitrogen and oxygen atoms in total. The van der Waals surface area contributed by atoms with Crippen LogP contribution in [0.3, 0.4) is 0 Å². The number of phenolic OH excluding ortho intramolecular Hbond substituents is 1. The third kappa shape index (κ3) is 2.55. The van der Waals surface area contributed by atoms with Crippen LogP contribution in [0.25, 0.3) is 0 Å². The number of hydrogen-bond acceptors (Lipinski definition) is 5. The Balaban J connectivity index is 2.22. The molecule has 2 rings (SSSR count). The number of nitrogens with zero attached hydrogens (tertiary/aromatic N) is 2. The van der Waals surface area contributed by atoms with Crippen molar-refractivity contribution >= 4 is 11.5 Å². The Morgan fingerprint density at radius 3 is 2.76 bits per heavy atom. The predicted octanol–water partition coefficient (Wildman–Crippen LogP) is 3.47. The predicted molar refractivity (Wildman–Crippen MR) is 66.9 cm³/mol. The summed E-state index contributed by atoms with van der Waals surface area (Å²) in [4.78, 5) is 4.28. The van der Waals surface area contributed by atoms with E-state index >= 15 is 0 Å². The molecule has 0 saturated carbocycles. The molecule has 0 aliphatic heterocycles. The van der Waals surface area contributed by atoms with Gasteiger partial charge in [0, 0.05) is 23.0 Å². The molecular formula is C12H14N2O2S. The van der Waals surface area contributed by atoms with Crippen molar-refractivity contribution in [1.82, 2.24) is 9.36 Å². The summed E-state index contributed by atoms with van der Waals surface area (Å²) in [6.45, 7) is 5.87. The summed E-state index contributed by atoms with van der Waals surface area (Å²) in [6.07, 6.45) is 0. The fraction of sp³-hybridized carbons (Fsp3) is 0.333. The van der Waals surface area contributed by atoms with Crippen molar-refractivity contribution in [2.24, 2.45) is 0 Å². The normalized spacial score (nSPS) is 10.8. The van der Waals surface area contributed by atoms with Gasteiger partial charge in [-0.3, -0.25) is 0 Å². The molecule has 0 fully saturated rings. The van der Waals surface area contributed by atoms with Crippen LogP contribution in [0.15, 0.2) is 18.2 Å². The van der Waals surface area contributed by atoms with Gasteiger partial charge in [-0.15, -0.1) is 0 Å². The summed E-state index contributed by atoms with van der Waals surface area (Å²) in [6, 6.07) is 5.16. The highest BCUT2D eigenvalue weighted by atomic mass is 32.1. The highest BCUT2D eigenvalue weighted by Crippen LogP contribution is 2.31. The highest BCUT2D eigenvalue weighted by molar-refractivity contribution is 7.07. The van der Waals surface area contributed by atoms with Crippen LogP contribution in [0.1, 0.15) is 31.2 Å². The second kappa shape index (κ2) is 4.71. The number of hydrogen-bond donors (Lipinski definition) is 1. The van der Waals surface area contributed by atoms with Crippen LogP contribution < -0.4 is 4.74 Å². The largest absolute Gasteiger partial charge is 0.508 e. The van der Waals surface area contributed by atoms with Gasteiger partial charge in [-0.1, -0.05) is 19.9 Å². The quantitative estimate of drug-likeness (QED) is 0.906. The van der Waals surface area contributed by atoms with E-state index in [0.29, 0.717) is 16.5 Å². The second-order valence-electron chi connectivity index (χ2n) is 4.08. The molecule has 90 valence electrons. The molecule has 2 aromatic rings. The lowest BCUT2D eigenvalue weighted by molar-refractivity contribution is 0.446. The Kier molecular flexibility index (Phi) is 3.28. The third-order valence-corrected chi connectivity index (χ3v) is 3.00. The SMILES string of the molecule is Cc1c(O)cccc1Oc1nc(C(C)C)ns1. The van der Waals surface area contributed by atoms with E-state index in [1.54, 1.807) is 25.1 Å². The molecule has 0 aliphatic rings. The maximum absolute atomic E-state index is 9.56. The summed E-state index contributed by atoms with van der Waals surface area (Å²) >= 11 is 1.22. The van der Waals surface area contributed by atoms with Crippen LogP contribution >= 0.6 is 11.5 Å². The van der Waals surface area contributed by atoms with E-state index < -0.39 is 0 Å². The molecule has 0 aliphatic carbocycles. The molecule has 17 heavy (non-hydrogen) atoms. The van der Waals surface area contributed by atoms with Gasteiger partial charge in [-0.2, -0.15) is 9.36 Å². The zero-order valence-corrected chi connectivity index (χ0v) is 10.8. The average molecular weight is 250 g/mol. The Morgan fingerprint density at radius 1 is 1.35 bits per heavy atom. The van der Waals surface area contributed by atoms with Crippen molar-refractivity contribution in [2.75, 3.05) is 0 Å². The van der Waals surface area contributed by atoms with Gasteiger partial charge in [-0.05, 0) is 19.1 Å². The molecular weight excluding hydrogens is 236 g/mol. The topological polar surface area (TPSA) is 55.2 Å². The van der Waals surface area contributed by atoms with Crippen LogP contribution in [-0.2, 0) is 0 Å². The zero-order chi connectivity index (χ0) is 12.4. The van der Waals surface area contributed by atoms with E-state index in [-0.39, 0.29) is 11.7 Å². The Labute approximate surface area is 104 Å². The zero-order valence-electron chi connectivity index (χ0n) is 9.97. The molecule has 1 heterocycles. The van der Waals surface area contributed by atoms with Gasteiger partial charge in [-0.25, -0.2) is 0 Å². The number of aromatic hydroxyl groups is 1. The average Bonchev–Trinajstić information content (AvgIpc) is 2.73. The Bertz CT molecular complexity index is 523. The minimum atomic E-state index is 0.219. The summed E-state index contributed by atoms with van der Waals surface area (Å²) in [5.41, 5.74) is 0.703. The number of phenols is 1. The second-order valence-corrected chi connectivity index (χ2v) is 4.79. The van der Waals surface area contributed by atoms with Crippen molar-refractivity contribution in [3.8, 4) is 16.7 Å². The maximum Gasteiger partial charge on any atom is 0.298 e. The number of benzene rings is 1. The fourth-order valence-corrected chi connectivity index (χ4v) is 1.99. The van der Waals surface area contributed by atoms with Gasteiger partial charge < -0.3 is 9.84 Å². The smallest absolute Gasteiger partial charge is 0.298 e. The molecule has 0 radical (unpaired) electrons. The number of ether oxygens (including phenoxy) is 1. The minimum Gasteiger partial charge on any atom is -0.508 e. The summed E-state index contributed by atoms with van der Waals surface area (Å²) in [5.74, 6) is 1.89. The van der Waals surface area contributed by atoms with Crippen molar-refractivity contribution in [2.45, 2.75) is 26.7 Å².